The maximum absolute atomic E-state index is 12.1. The van der Waals surface area contributed by atoms with Gasteiger partial charge in [-0.3, -0.25) is 4.79 Å². The average molecular weight is 280 g/mol. The van der Waals surface area contributed by atoms with E-state index in [2.05, 4.69) is 5.32 Å². The van der Waals surface area contributed by atoms with Crippen molar-refractivity contribution >= 4 is 12.0 Å². The van der Waals surface area contributed by atoms with E-state index in [9.17, 15) is 9.59 Å². The number of carbonyl (C=O) groups is 2. The molecule has 2 unspecified atom stereocenters. The Hall–Kier alpha value is -1.52. The summed E-state index contributed by atoms with van der Waals surface area (Å²) in [6, 6.07) is -0.256. The molecule has 20 heavy (non-hydrogen) atoms. The van der Waals surface area contributed by atoms with Crippen LogP contribution in [0.15, 0.2) is 12.2 Å². The number of nitrogens with zero attached hydrogens (tertiary/aromatic N) is 1. The van der Waals surface area contributed by atoms with Gasteiger partial charge < -0.3 is 15.3 Å². The first-order valence-electron chi connectivity index (χ1n) is 7.49. The molecule has 1 fully saturated rings. The number of carbonyl (C=O) groups excluding carboxylic acids is 1. The summed E-state index contributed by atoms with van der Waals surface area (Å²) in [6.45, 7) is 0.796. The standard InChI is InChI=1S/C15H24N2O3/c1-17(10-11-5-3-2-4-6-11)15(20)16-13-8-7-12(9-13)14(18)19/h7-8,11-13H,2-6,9-10H2,1H3,(H,16,20)(H,18,19). The normalized spacial score (nSPS) is 26.4. The number of amides is 2. The van der Waals surface area contributed by atoms with Gasteiger partial charge >= 0.3 is 12.0 Å². The molecule has 2 aliphatic rings. The molecule has 0 saturated heterocycles. The van der Waals surface area contributed by atoms with Gasteiger partial charge in [-0.15, -0.1) is 0 Å². The van der Waals surface area contributed by atoms with Crippen LogP contribution >= 0.6 is 0 Å². The fourth-order valence-electron chi connectivity index (χ4n) is 3.10. The Morgan fingerprint density at radius 2 is 1.95 bits per heavy atom. The number of aliphatic carboxylic acids is 1. The van der Waals surface area contributed by atoms with Crippen molar-refractivity contribution < 1.29 is 14.7 Å². The summed E-state index contributed by atoms with van der Waals surface area (Å²) in [5.74, 6) is -0.678. The van der Waals surface area contributed by atoms with E-state index >= 15 is 0 Å². The molecule has 0 heterocycles. The molecule has 112 valence electrons. The Labute approximate surface area is 120 Å². The van der Waals surface area contributed by atoms with E-state index < -0.39 is 11.9 Å². The van der Waals surface area contributed by atoms with Crippen molar-refractivity contribution in [3.8, 4) is 0 Å². The molecule has 0 radical (unpaired) electrons. The monoisotopic (exact) mass is 280 g/mol. The minimum Gasteiger partial charge on any atom is -0.481 e. The smallest absolute Gasteiger partial charge is 0.317 e. The number of nitrogens with one attached hydrogen (secondary N) is 1. The summed E-state index contributed by atoms with van der Waals surface area (Å²) < 4.78 is 0. The summed E-state index contributed by atoms with van der Waals surface area (Å²) in [6.07, 6.45) is 10.2. The molecule has 0 aromatic heterocycles. The first kappa shape index (κ1) is 14.9. The highest BCUT2D eigenvalue weighted by Gasteiger charge is 2.26. The summed E-state index contributed by atoms with van der Waals surface area (Å²) in [5, 5.41) is 11.8. The van der Waals surface area contributed by atoms with Crippen molar-refractivity contribution in [2.24, 2.45) is 11.8 Å². The predicted molar refractivity (Wildman–Crippen MR) is 76.4 cm³/mol. The Morgan fingerprint density at radius 3 is 2.55 bits per heavy atom. The van der Waals surface area contributed by atoms with Crippen LogP contribution in [-0.2, 0) is 4.79 Å². The van der Waals surface area contributed by atoms with E-state index in [-0.39, 0.29) is 12.1 Å². The third kappa shape index (κ3) is 3.99. The highest BCUT2D eigenvalue weighted by atomic mass is 16.4. The minimum absolute atomic E-state index is 0.101. The van der Waals surface area contributed by atoms with Gasteiger partial charge in [-0.05, 0) is 25.2 Å². The summed E-state index contributed by atoms with van der Waals surface area (Å²) in [4.78, 5) is 24.7. The first-order chi connectivity index (χ1) is 9.56. The van der Waals surface area contributed by atoms with Gasteiger partial charge in [0.05, 0.1) is 12.0 Å². The summed E-state index contributed by atoms with van der Waals surface area (Å²) in [5.41, 5.74) is 0. The van der Waals surface area contributed by atoms with Gasteiger partial charge in [0.15, 0.2) is 0 Å². The van der Waals surface area contributed by atoms with Crippen molar-refractivity contribution in [3.05, 3.63) is 12.2 Å². The van der Waals surface area contributed by atoms with Crippen molar-refractivity contribution in [2.45, 2.75) is 44.6 Å². The van der Waals surface area contributed by atoms with Crippen LogP contribution < -0.4 is 5.32 Å². The van der Waals surface area contributed by atoms with Crippen molar-refractivity contribution in [2.75, 3.05) is 13.6 Å². The van der Waals surface area contributed by atoms with E-state index in [1.807, 2.05) is 7.05 Å². The van der Waals surface area contributed by atoms with E-state index in [1.54, 1.807) is 17.1 Å². The highest BCUT2D eigenvalue weighted by Crippen LogP contribution is 2.24. The van der Waals surface area contributed by atoms with E-state index in [0.29, 0.717) is 12.3 Å². The van der Waals surface area contributed by atoms with Crippen LogP contribution in [0.3, 0.4) is 0 Å². The molecule has 5 heteroatoms. The Morgan fingerprint density at radius 1 is 1.25 bits per heavy atom. The second-order valence-electron chi connectivity index (χ2n) is 6.01. The molecule has 0 aliphatic heterocycles. The van der Waals surface area contributed by atoms with Gasteiger partial charge in [-0.1, -0.05) is 31.4 Å². The number of hydrogen-bond acceptors (Lipinski definition) is 2. The topological polar surface area (TPSA) is 69.6 Å². The molecule has 2 N–H and O–H groups in total. The van der Waals surface area contributed by atoms with Crippen LogP contribution in [0.2, 0.25) is 0 Å². The zero-order chi connectivity index (χ0) is 14.5. The molecule has 1 saturated carbocycles. The van der Waals surface area contributed by atoms with Crippen LogP contribution in [0.5, 0.6) is 0 Å². The van der Waals surface area contributed by atoms with E-state index in [4.69, 9.17) is 5.11 Å². The second kappa shape index (κ2) is 6.77. The third-order valence-electron chi connectivity index (χ3n) is 4.31. The van der Waals surface area contributed by atoms with Crippen LogP contribution in [0.4, 0.5) is 4.79 Å². The second-order valence-corrected chi connectivity index (χ2v) is 6.01. The molecule has 0 spiro atoms. The minimum atomic E-state index is -0.825. The Balaban J connectivity index is 1.74. The molecule has 5 nitrogen and oxygen atoms in total. The Kier molecular flexibility index (Phi) is 5.04. The van der Waals surface area contributed by atoms with Gasteiger partial charge in [0.1, 0.15) is 0 Å². The maximum atomic E-state index is 12.1. The number of rotatable bonds is 4. The SMILES string of the molecule is CN(CC1CCCCC1)C(=O)NC1C=CC(C(=O)O)C1. The number of carboxylic acids is 1. The summed E-state index contributed by atoms with van der Waals surface area (Å²) in [7, 11) is 1.82. The zero-order valence-corrected chi connectivity index (χ0v) is 12.0. The fraction of sp³-hybridized carbons (Fsp3) is 0.733. The van der Waals surface area contributed by atoms with Crippen molar-refractivity contribution in [3.63, 3.8) is 0 Å². The summed E-state index contributed by atoms with van der Waals surface area (Å²) >= 11 is 0. The van der Waals surface area contributed by atoms with Gasteiger partial charge in [0, 0.05) is 13.6 Å². The van der Waals surface area contributed by atoms with Gasteiger partial charge in [-0.2, -0.15) is 0 Å². The molecule has 2 aliphatic carbocycles. The lowest BCUT2D eigenvalue weighted by Gasteiger charge is -2.28. The highest BCUT2D eigenvalue weighted by molar-refractivity contribution is 5.76. The lowest BCUT2D eigenvalue weighted by molar-refractivity contribution is -0.140. The molecule has 0 aromatic carbocycles. The lowest BCUT2D eigenvalue weighted by atomic mass is 9.89. The molecule has 0 bridgehead atoms. The van der Waals surface area contributed by atoms with Crippen molar-refractivity contribution in [1.82, 2.24) is 10.2 Å². The van der Waals surface area contributed by atoms with Gasteiger partial charge in [-0.25, -0.2) is 4.79 Å². The zero-order valence-electron chi connectivity index (χ0n) is 12.0. The molecule has 0 aromatic rings. The van der Waals surface area contributed by atoms with Crippen molar-refractivity contribution in [1.29, 1.82) is 0 Å². The quantitative estimate of drug-likeness (QED) is 0.776. The van der Waals surface area contributed by atoms with Gasteiger partial charge in [0.2, 0.25) is 0 Å². The van der Waals surface area contributed by atoms with Crippen LogP contribution in [0, 0.1) is 11.8 Å². The third-order valence-corrected chi connectivity index (χ3v) is 4.31. The van der Waals surface area contributed by atoms with E-state index in [1.165, 1.54) is 32.1 Å². The number of hydrogen-bond donors (Lipinski definition) is 2. The maximum Gasteiger partial charge on any atom is 0.317 e. The van der Waals surface area contributed by atoms with E-state index in [0.717, 1.165) is 6.54 Å². The molecule has 2 amide bonds. The molecular formula is C15H24N2O3. The predicted octanol–water partition coefficient (Wildman–Crippen LogP) is 2.24. The molecular weight excluding hydrogens is 256 g/mol. The number of carboxylic acid groups (broad SMARTS) is 1. The molecule has 2 atom stereocenters. The van der Waals surface area contributed by atoms with Crippen LogP contribution in [0.25, 0.3) is 0 Å². The van der Waals surface area contributed by atoms with Gasteiger partial charge in [0.25, 0.3) is 0 Å². The number of urea groups is 1. The van der Waals surface area contributed by atoms with Crippen LogP contribution in [-0.4, -0.2) is 41.6 Å². The average Bonchev–Trinajstić information content (AvgIpc) is 2.88. The fourth-order valence-corrected chi connectivity index (χ4v) is 3.10. The molecule has 2 rings (SSSR count). The van der Waals surface area contributed by atoms with Crippen LogP contribution in [0.1, 0.15) is 38.5 Å². The largest absolute Gasteiger partial charge is 0.481 e. The first-order valence-corrected chi connectivity index (χ1v) is 7.49. The lowest BCUT2D eigenvalue weighted by Crippen LogP contribution is -2.44. The Bertz CT molecular complexity index is 389.